The van der Waals surface area contributed by atoms with Crippen molar-refractivity contribution in [2.45, 2.75) is 32.7 Å². The second kappa shape index (κ2) is 6.59. The summed E-state index contributed by atoms with van der Waals surface area (Å²) in [7, 11) is 1.69. The lowest BCUT2D eigenvalue weighted by Gasteiger charge is -2.10. The summed E-state index contributed by atoms with van der Waals surface area (Å²) in [6.07, 6.45) is 1.20. The Bertz CT molecular complexity index is 268. The molecule has 0 saturated carbocycles. The van der Waals surface area contributed by atoms with Gasteiger partial charge in [0.1, 0.15) is 0 Å². The molecule has 1 unspecified atom stereocenters. The standard InChI is InChI=1S/C13H21NO/c1-4-11(2)13-7-5-12(6-8-13)9-14-10-15-3/h5-8,11,14H,4,9-10H2,1-3H3. The Morgan fingerprint density at radius 2 is 1.93 bits per heavy atom. The molecule has 1 aromatic carbocycles. The highest BCUT2D eigenvalue weighted by Crippen LogP contribution is 2.18. The van der Waals surface area contributed by atoms with Crippen molar-refractivity contribution in [2.24, 2.45) is 0 Å². The topological polar surface area (TPSA) is 21.3 Å². The fraction of sp³-hybridized carbons (Fsp3) is 0.538. The summed E-state index contributed by atoms with van der Waals surface area (Å²) < 4.78 is 4.93. The molecule has 0 aliphatic rings. The molecule has 2 heteroatoms. The van der Waals surface area contributed by atoms with Gasteiger partial charge < -0.3 is 4.74 Å². The summed E-state index contributed by atoms with van der Waals surface area (Å²) in [5.74, 6) is 0.658. The highest BCUT2D eigenvalue weighted by molar-refractivity contribution is 5.24. The Hall–Kier alpha value is -0.860. The minimum absolute atomic E-state index is 0.604. The summed E-state index contributed by atoms with van der Waals surface area (Å²) in [5, 5.41) is 3.19. The third-order valence-corrected chi connectivity index (χ3v) is 2.74. The number of nitrogens with one attached hydrogen (secondary N) is 1. The van der Waals surface area contributed by atoms with Gasteiger partial charge in [-0.3, -0.25) is 5.32 Å². The molecule has 0 saturated heterocycles. The molecule has 15 heavy (non-hydrogen) atoms. The monoisotopic (exact) mass is 207 g/mol. The molecule has 0 bridgehead atoms. The van der Waals surface area contributed by atoms with Crippen molar-refractivity contribution in [1.82, 2.24) is 5.32 Å². The predicted molar refractivity (Wildman–Crippen MR) is 63.9 cm³/mol. The number of hydrogen-bond donors (Lipinski definition) is 1. The first-order valence-electron chi connectivity index (χ1n) is 5.56. The molecule has 1 atom stereocenters. The Morgan fingerprint density at radius 1 is 1.27 bits per heavy atom. The summed E-state index contributed by atoms with van der Waals surface area (Å²) in [6, 6.07) is 8.81. The van der Waals surface area contributed by atoms with Crippen LogP contribution in [0.2, 0.25) is 0 Å². The lowest BCUT2D eigenvalue weighted by atomic mass is 9.98. The van der Waals surface area contributed by atoms with E-state index in [4.69, 9.17) is 4.74 Å². The Kier molecular flexibility index (Phi) is 5.37. The largest absolute Gasteiger partial charge is 0.370 e. The van der Waals surface area contributed by atoms with Crippen LogP contribution in [0.4, 0.5) is 0 Å². The van der Waals surface area contributed by atoms with Crippen LogP contribution in [0.25, 0.3) is 0 Å². The lowest BCUT2D eigenvalue weighted by Crippen LogP contribution is -2.15. The summed E-state index contributed by atoms with van der Waals surface area (Å²) in [6.45, 7) is 5.96. The third kappa shape index (κ3) is 4.02. The van der Waals surface area contributed by atoms with Crippen LogP contribution in [-0.2, 0) is 11.3 Å². The van der Waals surface area contributed by atoms with Gasteiger partial charge in [0.15, 0.2) is 0 Å². The van der Waals surface area contributed by atoms with Crippen LogP contribution >= 0.6 is 0 Å². The van der Waals surface area contributed by atoms with Crippen molar-refractivity contribution in [3.05, 3.63) is 35.4 Å². The van der Waals surface area contributed by atoms with Gasteiger partial charge in [-0.2, -0.15) is 0 Å². The zero-order chi connectivity index (χ0) is 11.1. The fourth-order valence-electron chi connectivity index (χ4n) is 1.50. The Labute approximate surface area is 92.6 Å². The molecule has 0 radical (unpaired) electrons. The van der Waals surface area contributed by atoms with Crippen LogP contribution in [0.3, 0.4) is 0 Å². The van der Waals surface area contributed by atoms with Gasteiger partial charge in [-0.15, -0.1) is 0 Å². The Morgan fingerprint density at radius 3 is 2.47 bits per heavy atom. The number of ether oxygens (including phenoxy) is 1. The maximum atomic E-state index is 4.93. The van der Waals surface area contributed by atoms with Crippen LogP contribution in [0.1, 0.15) is 37.3 Å². The second-order valence-corrected chi connectivity index (χ2v) is 3.91. The first kappa shape index (κ1) is 12.2. The summed E-state index contributed by atoms with van der Waals surface area (Å²) in [4.78, 5) is 0. The van der Waals surface area contributed by atoms with E-state index < -0.39 is 0 Å². The average Bonchev–Trinajstić information content (AvgIpc) is 2.29. The van der Waals surface area contributed by atoms with E-state index in [0.717, 1.165) is 6.54 Å². The lowest BCUT2D eigenvalue weighted by molar-refractivity contribution is 0.174. The molecule has 0 fully saturated rings. The summed E-state index contributed by atoms with van der Waals surface area (Å²) in [5.41, 5.74) is 2.73. The minimum atomic E-state index is 0.604. The van der Waals surface area contributed by atoms with Crippen LogP contribution in [0.5, 0.6) is 0 Å². The van der Waals surface area contributed by atoms with Crippen LogP contribution in [0, 0.1) is 0 Å². The van der Waals surface area contributed by atoms with E-state index in [9.17, 15) is 0 Å². The van der Waals surface area contributed by atoms with E-state index in [0.29, 0.717) is 12.6 Å². The van der Waals surface area contributed by atoms with E-state index in [1.54, 1.807) is 7.11 Å². The van der Waals surface area contributed by atoms with Gasteiger partial charge in [0, 0.05) is 13.7 Å². The van der Waals surface area contributed by atoms with Gasteiger partial charge in [0.05, 0.1) is 6.73 Å². The zero-order valence-electron chi connectivity index (χ0n) is 9.92. The molecular weight excluding hydrogens is 186 g/mol. The van der Waals surface area contributed by atoms with Crippen molar-refractivity contribution < 1.29 is 4.74 Å². The van der Waals surface area contributed by atoms with Gasteiger partial charge in [-0.25, -0.2) is 0 Å². The number of benzene rings is 1. The van der Waals surface area contributed by atoms with E-state index >= 15 is 0 Å². The van der Waals surface area contributed by atoms with Crippen molar-refractivity contribution in [2.75, 3.05) is 13.8 Å². The molecule has 1 rings (SSSR count). The smallest absolute Gasteiger partial charge is 0.0964 e. The van der Waals surface area contributed by atoms with Crippen molar-refractivity contribution in [3.8, 4) is 0 Å². The molecule has 1 N–H and O–H groups in total. The van der Waals surface area contributed by atoms with Gasteiger partial charge in [-0.05, 0) is 23.5 Å². The normalized spacial score (nSPS) is 12.7. The van der Waals surface area contributed by atoms with E-state index in [1.807, 2.05) is 0 Å². The van der Waals surface area contributed by atoms with Crippen LogP contribution in [-0.4, -0.2) is 13.8 Å². The molecule has 84 valence electrons. The number of hydrogen-bond acceptors (Lipinski definition) is 2. The highest BCUT2D eigenvalue weighted by Gasteiger charge is 2.01. The van der Waals surface area contributed by atoms with Gasteiger partial charge in [0.2, 0.25) is 0 Å². The average molecular weight is 207 g/mol. The van der Waals surface area contributed by atoms with Gasteiger partial charge in [0.25, 0.3) is 0 Å². The SMILES string of the molecule is CCC(C)c1ccc(CNCOC)cc1. The Balaban J connectivity index is 2.49. The third-order valence-electron chi connectivity index (χ3n) is 2.74. The maximum Gasteiger partial charge on any atom is 0.0964 e. The molecular formula is C13H21NO. The van der Waals surface area contributed by atoms with Gasteiger partial charge >= 0.3 is 0 Å². The van der Waals surface area contributed by atoms with Gasteiger partial charge in [-0.1, -0.05) is 38.1 Å². The first-order valence-corrected chi connectivity index (χ1v) is 5.56. The molecule has 2 nitrogen and oxygen atoms in total. The van der Waals surface area contributed by atoms with Crippen LogP contribution in [0.15, 0.2) is 24.3 Å². The molecule has 0 spiro atoms. The first-order chi connectivity index (χ1) is 7.27. The minimum Gasteiger partial charge on any atom is -0.370 e. The van der Waals surface area contributed by atoms with Crippen molar-refractivity contribution in [1.29, 1.82) is 0 Å². The summed E-state index contributed by atoms with van der Waals surface area (Å²) >= 11 is 0. The predicted octanol–water partition coefficient (Wildman–Crippen LogP) is 2.89. The maximum absolute atomic E-state index is 4.93. The highest BCUT2D eigenvalue weighted by atomic mass is 16.5. The van der Waals surface area contributed by atoms with E-state index in [1.165, 1.54) is 17.5 Å². The molecule has 0 aromatic heterocycles. The van der Waals surface area contributed by atoms with E-state index in [2.05, 4.69) is 43.4 Å². The molecule has 0 amide bonds. The number of methoxy groups -OCH3 is 1. The quantitative estimate of drug-likeness (QED) is 0.572. The second-order valence-electron chi connectivity index (χ2n) is 3.91. The fourth-order valence-corrected chi connectivity index (χ4v) is 1.50. The molecule has 0 aliphatic carbocycles. The van der Waals surface area contributed by atoms with Crippen LogP contribution < -0.4 is 5.32 Å². The molecule has 0 heterocycles. The number of rotatable bonds is 6. The molecule has 0 aliphatic heterocycles. The van der Waals surface area contributed by atoms with E-state index in [-0.39, 0.29) is 0 Å². The van der Waals surface area contributed by atoms with Crippen molar-refractivity contribution in [3.63, 3.8) is 0 Å². The van der Waals surface area contributed by atoms with Crippen molar-refractivity contribution >= 4 is 0 Å². The zero-order valence-corrected chi connectivity index (χ0v) is 9.92. The molecule has 1 aromatic rings.